The fraction of sp³-hybridized carbons (Fsp3) is 0.0435. The molecule has 0 aliphatic carbocycles. The van der Waals surface area contributed by atoms with Gasteiger partial charge in [-0.1, -0.05) is 73.2 Å². The van der Waals surface area contributed by atoms with Crippen LogP contribution in [0, 0.1) is 12.5 Å². The van der Waals surface area contributed by atoms with Crippen LogP contribution in [0.1, 0.15) is 32.0 Å². The van der Waals surface area contributed by atoms with Crippen LogP contribution in [0.15, 0.2) is 60.7 Å². The largest absolute Gasteiger partial charge is 0.369 e. The van der Waals surface area contributed by atoms with Crippen molar-refractivity contribution in [1.82, 2.24) is 0 Å². The molecule has 2 rings (SSSR count). The van der Waals surface area contributed by atoms with E-state index in [2.05, 4.69) is 4.74 Å². The molecular weight excluding hydrogens is 324 g/mol. The maximum Gasteiger partial charge on any atom is 0.344 e. The van der Waals surface area contributed by atoms with Crippen LogP contribution in [0.2, 0.25) is 0 Å². The fourth-order valence-electron chi connectivity index (χ4n) is 2.10. The van der Waals surface area contributed by atoms with E-state index >= 15 is 0 Å². The highest BCUT2D eigenvalue weighted by molar-refractivity contribution is 5.91. The Morgan fingerprint density at radius 3 is 1.58 bits per heavy atom. The Morgan fingerprint density at radius 1 is 0.808 bits per heavy atom. The van der Waals surface area contributed by atoms with Gasteiger partial charge in [0.05, 0.1) is 0 Å². The minimum atomic E-state index is -0.571. The second-order valence-electron chi connectivity index (χ2n) is 5.48. The summed E-state index contributed by atoms with van der Waals surface area (Å²) in [4.78, 5) is 22.1. The molecule has 0 aliphatic heterocycles. The summed E-state index contributed by atoms with van der Waals surface area (Å²) in [5, 5.41) is 0. The normalized spacial score (nSPS) is 11.1. The maximum atomic E-state index is 11.2. The van der Waals surface area contributed by atoms with Gasteiger partial charge in [-0.3, -0.25) is 4.79 Å². The zero-order valence-electron chi connectivity index (χ0n) is 14.4. The van der Waals surface area contributed by atoms with Crippen LogP contribution in [0.25, 0.3) is 24.3 Å². The number of ether oxygens (including phenoxy) is 1. The van der Waals surface area contributed by atoms with Crippen molar-refractivity contribution in [2.45, 2.75) is 6.92 Å². The summed E-state index contributed by atoms with van der Waals surface area (Å²) >= 11 is 0. The predicted octanol–water partition coefficient (Wildman–Crippen LogP) is 5.10. The summed E-state index contributed by atoms with van der Waals surface area (Å²) in [5.74, 6) is -0.543. The molecule has 0 spiro atoms. The summed E-state index contributed by atoms with van der Waals surface area (Å²) in [6, 6.07) is 15.6. The highest BCUT2D eigenvalue weighted by atomic mass is 16.5. The molecule has 3 nitrogen and oxygen atoms in total. The molecule has 0 aromatic heterocycles. The van der Waals surface area contributed by atoms with E-state index < -0.39 is 5.97 Å². The SMILES string of the molecule is C#COC(=O)C=Cc1ccc(C=Cc2ccc(C=CC(C)=O)cc2)cc1.[HH].[HH]. The lowest BCUT2D eigenvalue weighted by Gasteiger charge is -1.98. The van der Waals surface area contributed by atoms with Crippen molar-refractivity contribution in [3.63, 3.8) is 0 Å². The van der Waals surface area contributed by atoms with Gasteiger partial charge in [-0.25, -0.2) is 4.79 Å². The number of rotatable bonds is 6. The molecule has 0 atom stereocenters. The third-order valence-electron chi connectivity index (χ3n) is 3.42. The first-order valence-corrected chi connectivity index (χ1v) is 7.98. The Bertz CT molecular complexity index is 900. The molecule has 0 saturated carbocycles. The van der Waals surface area contributed by atoms with Gasteiger partial charge in [-0.05, 0) is 41.3 Å². The van der Waals surface area contributed by atoms with E-state index in [9.17, 15) is 9.59 Å². The van der Waals surface area contributed by atoms with Crippen molar-refractivity contribution in [1.29, 1.82) is 0 Å². The summed E-state index contributed by atoms with van der Waals surface area (Å²) < 4.78 is 4.38. The number of hydrogen-bond donors (Lipinski definition) is 0. The van der Waals surface area contributed by atoms with Gasteiger partial charge in [0.2, 0.25) is 0 Å². The molecule has 2 aromatic rings. The van der Waals surface area contributed by atoms with Gasteiger partial charge >= 0.3 is 5.97 Å². The molecule has 2 aromatic carbocycles. The van der Waals surface area contributed by atoms with Crippen LogP contribution in [0.3, 0.4) is 0 Å². The van der Waals surface area contributed by atoms with E-state index in [-0.39, 0.29) is 8.64 Å². The second kappa shape index (κ2) is 9.61. The molecule has 0 N–H and O–H groups in total. The number of benzene rings is 2. The topological polar surface area (TPSA) is 43.4 Å². The lowest BCUT2D eigenvalue weighted by molar-refractivity contribution is -0.131. The molecule has 26 heavy (non-hydrogen) atoms. The zero-order chi connectivity index (χ0) is 18.8. The van der Waals surface area contributed by atoms with Crippen molar-refractivity contribution in [2.24, 2.45) is 0 Å². The third-order valence-corrected chi connectivity index (χ3v) is 3.42. The van der Waals surface area contributed by atoms with Crippen molar-refractivity contribution in [2.75, 3.05) is 0 Å². The highest BCUT2D eigenvalue weighted by Crippen LogP contribution is 2.12. The lowest BCUT2D eigenvalue weighted by atomic mass is 10.1. The Balaban J connectivity index is 0.00000364. The molecule has 0 bridgehead atoms. The number of carbonyl (C=O) groups is 2. The van der Waals surface area contributed by atoms with E-state index in [1.165, 1.54) is 13.0 Å². The first kappa shape index (κ1) is 18.7. The van der Waals surface area contributed by atoms with Gasteiger partial charge in [-0.2, -0.15) is 0 Å². The second-order valence-corrected chi connectivity index (χ2v) is 5.48. The van der Waals surface area contributed by atoms with Crippen LogP contribution in [-0.4, -0.2) is 11.8 Å². The minimum Gasteiger partial charge on any atom is -0.369 e. The van der Waals surface area contributed by atoms with Crippen molar-refractivity contribution in [3.05, 3.63) is 82.9 Å². The number of esters is 1. The number of allylic oxidation sites excluding steroid dienone is 1. The summed E-state index contributed by atoms with van der Waals surface area (Å²) in [5.41, 5.74) is 3.95. The Morgan fingerprint density at radius 2 is 1.19 bits per heavy atom. The Hall–Kier alpha value is -3.64. The molecular formula is C23H22O3. The van der Waals surface area contributed by atoms with E-state index in [1.807, 2.05) is 66.8 Å². The molecule has 132 valence electrons. The molecule has 0 aliphatic rings. The number of terminal acetylenes is 1. The van der Waals surface area contributed by atoms with Crippen LogP contribution in [-0.2, 0) is 14.3 Å². The molecule has 0 amide bonds. The Kier molecular flexibility index (Phi) is 6.91. The van der Waals surface area contributed by atoms with Gasteiger partial charge in [0, 0.05) is 8.93 Å². The Labute approximate surface area is 156 Å². The van der Waals surface area contributed by atoms with Crippen LogP contribution >= 0.6 is 0 Å². The van der Waals surface area contributed by atoms with E-state index in [4.69, 9.17) is 6.42 Å². The molecule has 3 heteroatoms. The van der Waals surface area contributed by atoms with E-state index in [0.29, 0.717) is 0 Å². The average molecular weight is 346 g/mol. The van der Waals surface area contributed by atoms with E-state index in [1.54, 1.807) is 18.2 Å². The molecule has 0 heterocycles. The van der Waals surface area contributed by atoms with Gasteiger partial charge in [0.1, 0.15) is 6.11 Å². The lowest BCUT2D eigenvalue weighted by Crippen LogP contribution is -1.92. The number of carbonyl (C=O) groups excluding carboxylic acids is 2. The predicted molar refractivity (Wildman–Crippen MR) is 110 cm³/mol. The highest BCUT2D eigenvalue weighted by Gasteiger charge is 1.94. The summed E-state index contributed by atoms with van der Waals surface area (Å²) in [6.45, 7) is 1.53. The van der Waals surface area contributed by atoms with Gasteiger partial charge in [0.15, 0.2) is 5.78 Å². The van der Waals surface area contributed by atoms with Gasteiger partial charge < -0.3 is 4.74 Å². The molecule has 0 unspecified atom stereocenters. The van der Waals surface area contributed by atoms with Crippen LogP contribution in [0.5, 0.6) is 0 Å². The van der Waals surface area contributed by atoms with Gasteiger partial charge in [0.25, 0.3) is 0 Å². The van der Waals surface area contributed by atoms with Crippen molar-refractivity contribution < 1.29 is 17.2 Å². The zero-order valence-corrected chi connectivity index (χ0v) is 14.4. The van der Waals surface area contributed by atoms with Crippen LogP contribution < -0.4 is 0 Å². The third kappa shape index (κ3) is 6.46. The smallest absolute Gasteiger partial charge is 0.344 e. The minimum absolute atomic E-state index is 0. The average Bonchev–Trinajstić information content (AvgIpc) is 2.65. The quantitative estimate of drug-likeness (QED) is 0.316. The first-order chi connectivity index (χ1) is 12.6. The summed E-state index contributed by atoms with van der Waals surface area (Å²) in [7, 11) is 0. The molecule has 0 radical (unpaired) electrons. The fourth-order valence-corrected chi connectivity index (χ4v) is 2.10. The standard InChI is InChI=1S/C23H18O3.2H2/c1-3-26-23(25)17-16-22-14-12-21(13-15-22)11-10-20-8-6-19(7-9-20)5-4-18(2)24;;/h1,4-17H,2H3;2*1H. The van der Waals surface area contributed by atoms with Gasteiger partial charge in [-0.15, -0.1) is 0 Å². The van der Waals surface area contributed by atoms with E-state index in [0.717, 1.165) is 22.3 Å². The first-order valence-electron chi connectivity index (χ1n) is 7.98. The number of hydrogen-bond acceptors (Lipinski definition) is 3. The maximum absolute atomic E-state index is 11.2. The monoisotopic (exact) mass is 346 g/mol. The number of ketones is 1. The van der Waals surface area contributed by atoms with Crippen molar-refractivity contribution >= 4 is 36.1 Å². The molecule has 0 saturated heterocycles. The van der Waals surface area contributed by atoms with Crippen LogP contribution in [0.4, 0.5) is 0 Å². The van der Waals surface area contributed by atoms with Crippen molar-refractivity contribution in [3.8, 4) is 12.5 Å². The molecule has 0 fully saturated rings. The summed E-state index contributed by atoms with van der Waals surface area (Å²) in [6.07, 6.45) is 17.0.